The van der Waals surface area contributed by atoms with Gasteiger partial charge in [-0.1, -0.05) is 23.8 Å². The molecule has 2 rings (SSSR count). The molecule has 0 aliphatic carbocycles. The number of nitrogens with one attached hydrogen (secondary N) is 2. The fourth-order valence-electron chi connectivity index (χ4n) is 2.79. The lowest BCUT2D eigenvalue weighted by Crippen LogP contribution is -3.12. The van der Waals surface area contributed by atoms with Crippen molar-refractivity contribution in [1.29, 1.82) is 0 Å². The van der Waals surface area contributed by atoms with Crippen LogP contribution in [0.1, 0.15) is 35.3 Å². The molecule has 2 aromatic rings. The molecule has 0 fully saturated rings. The molecule has 2 atom stereocenters. The smallest absolute Gasteiger partial charge is 0.282 e. The Morgan fingerprint density at radius 3 is 2.58 bits per heavy atom. The molecule has 0 aliphatic rings. The number of ketones is 1. The Morgan fingerprint density at radius 2 is 1.92 bits per heavy atom. The number of benzene rings is 2. The molecule has 138 valence electrons. The normalized spacial score (nSPS) is 13.0. The Balaban J connectivity index is 2.07. The number of Topliss-reactive ketones (excluding diaryl/α,β-unsaturated/α-hetero) is 1. The van der Waals surface area contributed by atoms with Crippen molar-refractivity contribution in [2.45, 2.75) is 33.4 Å². The average Bonchev–Trinajstić information content (AvgIpc) is 2.61. The zero-order chi connectivity index (χ0) is 19.3. The van der Waals surface area contributed by atoms with E-state index in [1.807, 2.05) is 33.0 Å². The Hall–Kier alpha value is -2.66. The van der Waals surface area contributed by atoms with Gasteiger partial charge in [0.1, 0.15) is 12.3 Å². The Bertz CT molecular complexity index is 802. The first-order valence-electron chi connectivity index (χ1n) is 8.69. The molecule has 0 heterocycles. The van der Waals surface area contributed by atoms with Gasteiger partial charge in [0.2, 0.25) is 0 Å². The van der Waals surface area contributed by atoms with Gasteiger partial charge in [0.15, 0.2) is 11.8 Å². The van der Waals surface area contributed by atoms with Crippen LogP contribution in [0.25, 0.3) is 0 Å². The summed E-state index contributed by atoms with van der Waals surface area (Å²) in [4.78, 5) is 25.1. The van der Waals surface area contributed by atoms with E-state index in [0.29, 0.717) is 17.8 Å². The van der Waals surface area contributed by atoms with Crippen LogP contribution in [0.15, 0.2) is 42.5 Å². The fraction of sp³-hybridized carbons (Fsp3) is 0.333. The lowest BCUT2D eigenvalue weighted by atomic mass is 10.1. The van der Waals surface area contributed by atoms with Crippen molar-refractivity contribution >= 4 is 17.4 Å². The van der Waals surface area contributed by atoms with Crippen LogP contribution in [0, 0.1) is 6.92 Å². The number of carbonyl (C=O) groups excluding carboxylic acids is 2. The van der Waals surface area contributed by atoms with Crippen molar-refractivity contribution in [3.05, 3.63) is 59.2 Å². The maximum atomic E-state index is 12.6. The van der Waals surface area contributed by atoms with Gasteiger partial charge in [-0.3, -0.25) is 9.59 Å². The highest BCUT2D eigenvalue weighted by Gasteiger charge is 2.23. The molecule has 0 aromatic heterocycles. The Kier molecular flexibility index (Phi) is 6.52. The number of likely N-dealkylation sites (N-methyl/N-ethyl adjacent to an activating group) is 1. The largest absolute Gasteiger partial charge is 0.496 e. The van der Waals surface area contributed by atoms with Crippen molar-refractivity contribution < 1.29 is 19.2 Å². The highest BCUT2D eigenvalue weighted by atomic mass is 16.5. The van der Waals surface area contributed by atoms with E-state index in [1.165, 1.54) is 6.92 Å². The summed E-state index contributed by atoms with van der Waals surface area (Å²) >= 11 is 0. The standard InChI is InChI=1S/C21H26N2O3/c1-14-9-10-20(26-5)18(11-14)13-23(4)15(2)21(25)22-19-8-6-7-17(12-19)16(3)24/h6-12,15H,13H2,1-5H3,(H,22,25)/p+1/t15-/m1/s1. The van der Waals surface area contributed by atoms with Crippen molar-refractivity contribution in [2.75, 3.05) is 19.5 Å². The minimum atomic E-state index is -0.263. The highest BCUT2D eigenvalue weighted by molar-refractivity contribution is 5.97. The molecule has 5 heteroatoms. The number of ether oxygens (including phenoxy) is 1. The van der Waals surface area contributed by atoms with Crippen LogP contribution in [-0.2, 0) is 11.3 Å². The predicted octanol–water partition coefficient (Wildman–Crippen LogP) is 2.25. The summed E-state index contributed by atoms with van der Waals surface area (Å²) in [5.41, 5.74) is 3.45. The number of carbonyl (C=O) groups is 2. The van der Waals surface area contributed by atoms with E-state index in [4.69, 9.17) is 4.74 Å². The number of quaternary nitrogens is 1. The van der Waals surface area contributed by atoms with Gasteiger partial charge in [0, 0.05) is 16.8 Å². The monoisotopic (exact) mass is 355 g/mol. The van der Waals surface area contributed by atoms with Gasteiger partial charge in [0.05, 0.1) is 14.2 Å². The van der Waals surface area contributed by atoms with Gasteiger partial charge < -0.3 is 15.0 Å². The number of anilines is 1. The molecule has 0 bridgehead atoms. The van der Waals surface area contributed by atoms with Gasteiger partial charge in [-0.25, -0.2) is 0 Å². The number of hydrogen-bond donors (Lipinski definition) is 2. The maximum absolute atomic E-state index is 12.6. The third-order valence-corrected chi connectivity index (χ3v) is 4.57. The highest BCUT2D eigenvalue weighted by Crippen LogP contribution is 2.18. The molecule has 1 amide bonds. The summed E-state index contributed by atoms with van der Waals surface area (Å²) < 4.78 is 5.43. The van der Waals surface area contributed by atoms with E-state index < -0.39 is 0 Å². The molecule has 0 saturated carbocycles. The van der Waals surface area contributed by atoms with Crippen molar-refractivity contribution in [1.82, 2.24) is 0 Å². The summed E-state index contributed by atoms with van der Waals surface area (Å²) in [6.45, 7) is 6.11. The van der Waals surface area contributed by atoms with Crippen LogP contribution in [0.5, 0.6) is 5.75 Å². The quantitative estimate of drug-likeness (QED) is 0.749. The zero-order valence-electron chi connectivity index (χ0n) is 16.1. The van der Waals surface area contributed by atoms with Crippen molar-refractivity contribution in [2.24, 2.45) is 0 Å². The van der Waals surface area contributed by atoms with Gasteiger partial charge in [-0.05, 0) is 45.0 Å². The second-order valence-corrected chi connectivity index (χ2v) is 6.69. The molecular weight excluding hydrogens is 328 g/mol. The molecule has 0 spiro atoms. The third kappa shape index (κ3) is 4.92. The predicted molar refractivity (Wildman–Crippen MR) is 103 cm³/mol. The number of aryl methyl sites for hydroxylation is 1. The summed E-state index contributed by atoms with van der Waals surface area (Å²) in [7, 11) is 3.64. The van der Waals surface area contributed by atoms with E-state index >= 15 is 0 Å². The molecular formula is C21H27N2O3+. The summed E-state index contributed by atoms with van der Waals surface area (Å²) in [6, 6.07) is 12.8. The van der Waals surface area contributed by atoms with Gasteiger partial charge in [-0.2, -0.15) is 0 Å². The van der Waals surface area contributed by atoms with Crippen molar-refractivity contribution in [3.8, 4) is 5.75 Å². The molecule has 26 heavy (non-hydrogen) atoms. The lowest BCUT2D eigenvalue weighted by Gasteiger charge is -2.22. The van der Waals surface area contributed by atoms with E-state index in [2.05, 4.69) is 11.4 Å². The first-order valence-corrected chi connectivity index (χ1v) is 8.69. The fourth-order valence-corrected chi connectivity index (χ4v) is 2.79. The minimum Gasteiger partial charge on any atom is -0.496 e. The number of methoxy groups -OCH3 is 1. The number of rotatable bonds is 7. The summed E-state index contributed by atoms with van der Waals surface area (Å²) in [6.07, 6.45) is 0. The second kappa shape index (κ2) is 8.63. The molecule has 1 unspecified atom stereocenters. The lowest BCUT2D eigenvalue weighted by molar-refractivity contribution is -0.907. The zero-order valence-corrected chi connectivity index (χ0v) is 16.1. The molecule has 0 saturated heterocycles. The number of hydrogen-bond acceptors (Lipinski definition) is 3. The minimum absolute atomic E-state index is 0.0246. The molecule has 0 radical (unpaired) electrons. The second-order valence-electron chi connectivity index (χ2n) is 6.69. The van der Waals surface area contributed by atoms with Crippen LogP contribution >= 0.6 is 0 Å². The van der Waals surface area contributed by atoms with E-state index in [-0.39, 0.29) is 17.7 Å². The maximum Gasteiger partial charge on any atom is 0.282 e. The van der Waals surface area contributed by atoms with Crippen LogP contribution in [0.4, 0.5) is 5.69 Å². The van der Waals surface area contributed by atoms with Crippen LogP contribution < -0.4 is 15.0 Å². The van der Waals surface area contributed by atoms with E-state index in [0.717, 1.165) is 21.8 Å². The van der Waals surface area contributed by atoms with Gasteiger partial charge in [0.25, 0.3) is 5.91 Å². The van der Waals surface area contributed by atoms with Gasteiger partial charge in [-0.15, -0.1) is 0 Å². The third-order valence-electron chi connectivity index (χ3n) is 4.57. The summed E-state index contributed by atoms with van der Waals surface area (Å²) in [5.74, 6) is 0.718. The Morgan fingerprint density at radius 1 is 1.19 bits per heavy atom. The van der Waals surface area contributed by atoms with Crippen molar-refractivity contribution in [3.63, 3.8) is 0 Å². The molecule has 5 nitrogen and oxygen atoms in total. The summed E-state index contributed by atoms with van der Waals surface area (Å²) in [5, 5.41) is 2.90. The van der Waals surface area contributed by atoms with E-state index in [9.17, 15) is 9.59 Å². The first-order chi connectivity index (χ1) is 12.3. The molecule has 0 aliphatic heterocycles. The Labute approximate surface area is 155 Å². The SMILES string of the molecule is COc1ccc(C)cc1C[NH+](C)[C@H](C)C(=O)Nc1cccc(C(C)=O)c1. The average molecular weight is 355 g/mol. The van der Waals surface area contributed by atoms with E-state index in [1.54, 1.807) is 31.4 Å². The van der Waals surface area contributed by atoms with Crippen LogP contribution in [0.2, 0.25) is 0 Å². The van der Waals surface area contributed by atoms with Gasteiger partial charge >= 0.3 is 0 Å². The topological polar surface area (TPSA) is 59.8 Å². The van der Waals surface area contributed by atoms with Crippen LogP contribution in [-0.4, -0.2) is 31.9 Å². The molecule has 2 aromatic carbocycles. The first kappa shape index (κ1) is 19.7. The van der Waals surface area contributed by atoms with Crippen LogP contribution in [0.3, 0.4) is 0 Å². The number of amides is 1. The molecule has 2 N–H and O–H groups in total.